The van der Waals surface area contributed by atoms with E-state index in [2.05, 4.69) is 21.2 Å². The van der Waals surface area contributed by atoms with Crippen molar-refractivity contribution in [1.29, 1.82) is 0 Å². The highest BCUT2D eigenvalue weighted by Crippen LogP contribution is 2.17. The minimum Gasteiger partial charge on any atom is -0.483 e. The lowest BCUT2D eigenvalue weighted by Gasteiger charge is -2.11. The first-order valence-corrected chi connectivity index (χ1v) is 10.7. The Morgan fingerprint density at radius 2 is 1.88 bits per heavy atom. The summed E-state index contributed by atoms with van der Waals surface area (Å²) in [6.45, 7) is 4.68. The molecule has 33 heavy (non-hydrogen) atoms. The standard InChI is InChI=1S/C24H28N4O5/c1-16-10-17(2)12-19(11-16)27-22(29)15-33-21-8-4-3-6-18(21)13-26-28-24(31)23(30)25-14-20-7-5-9-32-20/h3-4,6,8,10-13,20H,5,7,9,14-15H2,1-2H3,(H,25,30)(H,27,29)(H,28,31)/b26-13-/t20-/m0/s1. The molecule has 3 rings (SSSR count). The molecule has 0 saturated carbocycles. The largest absolute Gasteiger partial charge is 0.483 e. The van der Waals surface area contributed by atoms with E-state index in [0.717, 1.165) is 24.0 Å². The summed E-state index contributed by atoms with van der Waals surface area (Å²) in [7, 11) is 0. The summed E-state index contributed by atoms with van der Waals surface area (Å²) >= 11 is 0. The Balaban J connectivity index is 1.48. The molecular weight excluding hydrogens is 424 g/mol. The second-order valence-electron chi connectivity index (χ2n) is 7.80. The van der Waals surface area contributed by atoms with Gasteiger partial charge in [0.05, 0.1) is 12.3 Å². The van der Waals surface area contributed by atoms with Gasteiger partial charge in [-0.25, -0.2) is 5.43 Å². The SMILES string of the molecule is Cc1cc(C)cc(NC(=O)COc2ccccc2/C=N\NC(=O)C(=O)NC[C@@H]2CCCO2)c1. The molecule has 3 amide bonds. The molecule has 2 aromatic rings. The molecule has 174 valence electrons. The molecule has 1 atom stereocenters. The number of hydrogen-bond donors (Lipinski definition) is 3. The third-order valence-corrected chi connectivity index (χ3v) is 4.87. The molecule has 1 aliphatic heterocycles. The Labute approximate surface area is 192 Å². The average molecular weight is 453 g/mol. The van der Waals surface area contributed by atoms with Gasteiger partial charge in [-0.15, -0.1) is 0 Å². The van der Waals surface area contributed by atoms with Crippen LogP contribution in [-0.2, 0) is 19.1 Å². The van der Waals surface area contributed by atoms with Gasteiger partial charge in [0.2, 0.25) is 0 Å². The number of aryl methyl sites for hydroxylation is 2. The van der Waals surface area contributed by atoms with Crippen molar-refractivity contribution in [3.63, 3.8) is 0 Å². The molecule has 9 nitrogen and oxygen atoms in total. The molecule has 3 N–H and O–H groups in total. The average Bonchev–Trinajstić information content (AvgIpc) is 3.29. The van der Waals surface area contributed by atoms with Crippen molar-refractivity contribution in [2.75, 3.05) is 25.1 Å². The van der Waals surface area contributed by atoms with Crippen LogP contribution < -0.4 is 20.8 Å². The fourth-order valence-corrected chi connectivity index (χ4v) is 3.41. The van der Waals surface area contributed by atoms with Crippen LogP contribution in [0.4, 0.5) is 5.69 Å². The summed E-state index contributed by atoms with van der Waals surface area (Å²) in [6, 6.07) is 12.7. The van der Waals surface area contributed by atoms with Crippen molar-refractivity contribution in [2.45, 2.75) is 32.8 Å². The number of carbonyl (C=O) groups excluding carboxylic acids is 3. The van der Waals surface area contributed by atoms with Crippen LogP contribution in [0.5, 0.6) is 5.75 Å². The highest BCUT2D eigenvalue weighted by molar-refractivity contribution is 6.35. The fourth-order valence-electron chi connectivity index (χ4n) is 3.41. The number of amides is 3. The van der Waals surface area contributed by atoms with Gasteiger partial charge in [-0.2, -0.15) is 5.10 Å². The molecule has 0 unspecified atom stereocenters. The van der Waals surface area contributed by atoms with Crippen molar-refractivity contribution < 1.29 is 23.9 Å². The van der Waals surface area contributed by atoms with Gasteiger partial charge in [0.25, 0.3) is 5.91 Å². The Morgan fingerprint density at radius 1 is 1.12 bits per heavy atom. The van der Waals surface area contributed by atoms with E-state index in [1.807, 2.05) is 32.0 Å². The van der Waals surface area contributed by atoms with Gasteiger partial charge < -0.3 is 20.1 Å². The molecule has 0 aliphatic carbocycles. The van der Waals surface area contributed by atoms with Crippen LogP contribution in [0.15, 0.2) is 47.6 Å². The molecule has 9 heteroatoms. The van der Waals surface area contributed by atoms with E-state index in [1.165, 1.54) is 6.21 Å². The summed E-state index contributed by atoms with van der Waals surface area (Å²) in [4.78, 5) is 36.0. The second kappa shape index (κ2) is 11.8. The zero-order valence-corrected chi connectivity index (χ0v) is 18.7. The van der Waals surface area contributed by atoms with E-state index in [0.29, 0.717) is 23.6 Å². The number of benzene rings is 2. The van der Waals surface area contributed by atoms with Gasteiger partial charge in [-0.1, -0.05) is 18.2 Å². The first-order chi connectivity index (χ1) is 15.9. The second-order valence-corrected chi connectivity index (χ2v) is 7.80. The van der Waals surface area contributed by atoms with Crippen LogP contribution in [0.1, 0.15) is 29.5 Å². The smallest absolute Gasteiger partial charge is 0.329 e. The topological polar surface area (TPSA) is 118 Å². The van der Waals surface area contributed by atoms with E-state index in [1.54, 1.807) is 24.3 Å². The molecular formula is C24H28N4O5. The van der Waals surface area contributed by atoms with Crippen LogP contribution in [0.2, 0.25) is 0 Å². The summed E-state index contributed by atoms with van der Waals surface area (Å²) in [5.74, 6) is -1.55. The van der Waals surface area contributed by atoms with E-state index < -0.39 is 11.8 Å². The molecule has 0 aromatic heterocycles. The summed E-state index contributed by atoms with van der Waals surface area (Å²) in [5, 5.41) is 9.15. The van der Waals surface area contributed by atoms with Crippen molar-refractivity contribution in [3.8, 4) is 5.75 Å². The monoisotopic (exact) mass is 452 g/mol. The number of para-hydroxylation sites is 1. The highest BCUT2D eigenvalue weighted by atomic mass is 16.5. The third-order valence-electron chi connectivity index (χ3n) is 4.87. The van der Waals surface area contributed by atoms with Crippen LogP contribution in [0, 0.1) is 13.8 Å². The first-order valence-electron chi connectivity index (χ1n) is 10.7. The maximum Gasteiger partial charge on any atom is 0.329 e. The van der Waals surface area contributed by atoms with Gasteiger partial charge in [0.15, 0.2) is 6.61 Å². The minimum absolute atomic E-state index is 0.0542. The van der Waals surface area contributed by atoms with Crippen molar-refractivity contribution in [1.82, 2.24) is 10.7 Å². The van der Waals surface area contributed by atoms with Gasteiger partial charge in [0, 0.05) is 24.4 Å². The maximum atomic E-state index is 12.3. The fraction of sp³-hybridized carbons (Fsp3) is 0.333. The highest BCUT2D eigenvalue weighted by Gasteiger charge is 2.19. The molecule has 1 saturated heterocycles. The molecule has 1 aliphatic rings. The van der Waals surface area contributed by atoms with Gasteiger partial charge in [0.1, 0.15) is 5.75 Å². The van der Waals surface area contributed by atoms with Gasteiger partial charge in [-0.3, -0.25) is 14.4 Å². The zero-order chi connectivity index (χ0) is 23.6. The molecule has 0 radical (unpaired) electrons. The molecule has 2 aromatic carbocycles. The number of nitrogens with one attached hydrogen (secondary N) is 3. The predicted octanol–water partition coefficient (Wildman–Crippen LogP) is 2.07. The molecule has 1 heterocycles. The Hall–Kier alpha value is -3.72. The molecule has 1 fully saturated rings. The van der Waals surface area contributed by atoms with Crippen molar-refractivity contribution in [3.05, 3.63) is 59.2 Å². The minimum atomic E-state index is -0.879. The summed E-state index contributed by atoms with van der Waals surface area (Å²) < 4.78 is 11.0. The van der Waals surface area contributed by atoms with E-state index >= 15 is 0 Å². The maximum absolute atomic E-state index is 12.3. The van der Waals surface area contributed by atoms with E-state index in [9.17, 15) is 14.4 Å². The van der Waals surface area contributed by atoms with E-state index in [-0.39, 0.29) is 25.2 Å². The van der Waals surface area contributed by atoms with Crippen LogP contribution in [0.3, 0.4) is 0 Å². The molecule has 0 spiro atoms. The van der Waals surface area contributed by atoms with E-state index in [4.69, 9.17) is 9.47 Å². The van der Waals surface area contributed by atoms with Crippen molar-refractivity contribution in [2.24, 2.45) is 5.10 Å². The van der Waals surface area contributed by atoms with Crippen LogP contribution >= 0.6 is 0 Å². The Bertz CT molecular complexity index is 1010. The zero-order valence-electron chi connectivity index (χ0n) is 18.7. The van der Waals surface area contributed by atoms with Crippen LogP contribution in [0.25, 0.3) is 0 Å². The Kier molecular flexibility index (Phi) is 8.54. The molecule has 0 bridgehead atoms. The third kappa shape index (κ3) is 7.73. The number of anilines is 1. The number of rotatable bonds is 8. The lowest BCUT2D eigenvalue weighted by Crippen LogP contribution is -2.41. The predicted molar refractivity (Wildman–Crippen MR) is 124 cm³/mol. The summed E-state index contributed by atoms with van der Waals surface area (Å²) in [6.07, 6.45) is 3.11. The van der Waals surface area contributed by atoms with Gasteiger partial charge >= 0.3 is 11.8 Å². The Morgan fingerprint density at radius 3 is 2.61 bits per heavy atom. The normalized spacial score (nSPS) is 15.3. The van der Waals surface area contributed by atoms with Crippen LogP contribution in [-0.4, -0.2) is 49.8 Å². The number of carbonyl (C=O) groups is 3. The lowest BCUT2D eigenvalue weighted by atomic mass is 10.1. The lowest BCUT2D eigenvalue weighted by molar-refractivity contribution is -0.139. The van der Waals surface area contributed by atoms with Crippen molar-refractivity contribution >= 4 is 29.6 Å². The van der Waals surface area contributed by atoms with Gasteiger partial charge in [-0.05, 0) is 62.1 Å². The number of hydrazone groups is 1. The number of ether oxygens (including phenoxy) is 2. The first kappa shape index (κ1) is 23.9. The number of nitrogens with zero attached hydrogens (tertiary/aromatic N) is 1. The number of hydrogen-bond acceptors (Lipinski definition) is 6. The quantitative estimate of drug-likeness (QED) is 0.322. The summed E-state index contributed by atoms with van der Waals surface area (Å²) in [5.41, 5.74) is 5.53.